The zero-order chi connectivity index (χ0) is 16.5. The van der Waals surface area contributed by atoms with E-state index in [-0.39, 0.29) is 5.56 Å². The molecule has 0 fully saturated rings. The van der Waals surface area contributed by atoms with Crippen LogP contribution in [0, 0.1) is 6.92 Å². The fourth-order valence-corrected chi connectivity index (χ4v) is 2.87. The van der Waals surface area contributed by atoms with Gasteiger partial charge < -0.3 is 0 Å². The van der Waals surface area contributed by atoms with Crippen LogP contribution in [0.3, 0.4) is 0 Å². The van der Waals surface area contributed by atoms with Gasteiger partial charge in [-0.2, -0.15) is 0 Å². The molecule has 4 rings (SSSR count). The van der Waals surface area contributed by atoms with Gasteiger partial charge in [-0.3, -0.25) is 9.36 Å². The van der Waals surface area contributed by atoms with Gasteiger partial charge in [-0.15, -0.1) is 0 Å². The summed E-state index contributed by atoms with van der Waals surface area (Å²) in [5, 5.41) is 0. The Morgan fingerprint density at radius 2 is 1.46 bits per heavy atom. The van der Waals surface area contributed by atoms with Crippen LogP contribution in [0.2, 0.25) is 0 Å². The molecule has 1 heterocycles. The minimum Gasteiger partial charge on any atom is -0.273 e. The molecule has 0 radical (unpaired) electrons. The zero-order valence-corrected chi connectivity index (χ0v) is 13.3. The van der Waals surface area contributed by atoms with Crippen LogP contribution in [-0.2, 0) is 0 Å². The summed E-state index contributed by atoms with van der Waals surface area (Å²) < 4.78 is 1.74. The number of para-hydroxylation sites is 2. The summed E-state index contributed by atoms with van der Waals surface area (Å²) in [6, 6.07) is 25.3. The number of rotatable bonds is 2. The van der Waals surface area contributed by atoms with Crippen molar-refractivity contribution in [3.05, 3.63) is 94.8 Å². The average Bonchev–Trinajstić information content (AvgIpc) is 2.63. The summed E-state index contributed by atoms with van der Waals surface area (Å²) in [4.78, 5) is 17.8. The van der Waals surface area contributed by atoms with Crippen LogP contribution >= 0.6 is 0 Å². The number of aryl methyl sites for hydroxylation is 1. The van der Waals surface area contributed by atoms with Gasteiger partial charge in [0.25, 0.3) is 5.56 Å². The van der Waals surface area contributed by atoms with Crippen molar-refractivity contribution in [3.63, 3.8) is 0 Å². The molecule has 0 aliphatic rings. The fraction of sp³-hybridized carbons (Fsp3) is 0.0476. The minimum atomic E-state index is -0.108. The molecule has 0 saturated carbocycles. The van der Waals surface area contributed by atoms with Crippen molar-refractivity contribution in [1.82, 2.24) is 9.55 Å². The largest absolute Gasteiger partial charge is 0.282 e. The van der Waals surface area contributed by atoms with E-state index in [2.05, 4.69) is 4.98 Å². The first-order valence-electron chi connectivity index (χ1n) is 7.88. The third-order valence-corrected chi connectivity index (χ3v) is 4.10. The summed E-state index contributed by atoms with van der Waals surface area (Å²) >= 11 is 0. The molecule has 0 amide bonds. The molecule has 0 aliphatic heterocycles. The first kappa shape index (κ1) is 14.4. The van der Waals surface area contributed by atoms with Gasteiger partial charge >= 0.3 is 0 Å². The van der Waals surface area contributed by atoms with E-state index in [4.69, 9.17) is 0 Å². The second-order valence-corrected chi connectivity index (χ2v) is 5.79. The van der Waals surface area contributed by atoms with E-state index in [1.54, 1.807) is 4.57 Å². The van der Waals surface area contributed by atoms with E-state index in [9.17, 15) is 4.79 Å². The lowest BCUT2D eigenvalue weighted by Gasteiger charge is -2.12. The molecule has 4 aromatic rings. The highest BCUT2D eigenvalue weighted by molar-refractivity contribution is 5.79. The molecule has 1 aromatic heterocycles. The molecule has 0 bridgehead atoms. The Hall–Kier alpha value is -3.20. The maximum Gasteiger partial charge on any atom is 0.282 e. The second-order valence-electron chi connectivity index (χ2n) is 5.79. The van der Waals surface area contributed by atoms with E-state index >= 15 is 0 Å². The average molecular weight is 312 g/mol. The summed E-state index contributed by atoms with van der Waals surface area (Å²) in [6.07, 6.45) is 0. The van der Waals surface area contributed by atoms with E-state index < -0.39 is 0 Å². The predicted molar refractivity (Wildman–Crippen MR) is 97.5 cm³/mol. The van der Waals surface area contributed by atoms with Crippen molar-refractivity contribution in [2.24, 2.45) is 0 Å². The highest BCUT2D eigenvalue weighted by Gasteiger charge is 2.13. The van der Waals surface area contributed by atoms with Gasteiger partial charge in [0.05, 0.1) is 11.0 Å². The molecule has 0 N–H and O–H groups in total. The maximum atomic E-state index is 13.2. The number of hydrogen-bond donors (Lipinski definition) is 0. The van der Waals surface area contributed by atoms with E-state index in [0.717, 1.165) is 27.8 Å². The number of aromatic nitrogens is 2. The van der Waals surface area contributed by atoms with Gasteiger partial charge in [0.2, 0.25) is 0 Å². The van der Waals surface area contributed by atoms with Gasteiger partial charge in [-0.1, -0.05) is 60.2 Å². The molecule has 3 aromatic carbocycles. The summed E-state index contributed by atoms with van der Waals surface area (Å²) in [5.74, 6) is 0. The maximum absolute atomic E-state index is 13.2. The van der Waals surface area contributed by atoms with Crippen molar-refractivity contribution in [2.75, 3.05) is 0 Å². The van der Waals surface area contributed by atoms with Gasteiger partial charge in [0.1, 0.15) is 5.69 Å². The highest BCUT2D eigenvalue weighted by Crippen LogP contribution is 2.20. The predicted octanol–water partition coefficient (Wildman–Crippen LogP) is 4.36. The van der Waals surface area contributed by atoms with Gasteiger partial charge in [-0.25, -0.2) is 4.98 Å². The first-order valence-corrected chi connectivity index (χ1v) is 7.88. The number of nitrogens with zero attached hydrogens (tertiary/aromatic N) is 2. The molecular weight excluding hydrogens is 296 g/mol. The Bertz CT molecular complexity index is 1060. The lowest BCUT2D eigenvalue weighted by Crippen LogP contribution is -2.22. The Kier molecular flexibility index (Phi) is 3.47. The van der Waals surface area contributed by atoms with Crippen LogP contribution in [-0.4, -0.2) is 9.55 Å². The van der Waals surface area contributed by atoms with Crippen molar-refractivity contribution < 1.29 is 0 Å². The lowest BCUT2D eigenvalue weighted by atomic mass is 10.1. The molecule has 116 valence electrons. The fourth-order valence-electron chi connectivity index (χ4n) is 2.87. The van der Waals surface area contributed by atoms with Crippen LogP contribution in [0.5, 0.6) is 0 Å². The first-order chi connectivity index (χ1) is 11.7. The van der Waals surface area contributed by atoms with Crippen LogP contribution < -0.4 is 5.56 Å². The van der Waals surface area contributed by atoms with Crippen LogP contribution in [0.1, 0.15) is 5.56 Å². The van der Waals surface area contributed by atoms with Gasteiger partial charge in [0, 0.05) is 11.3 Å². The molecule has 3 nitrogen and oxygen atoms in total. The summed E-state index contributed by atoms with van der Waals surface area (Å²) in [7, 11) is 0. The van der Waals surface area contributed by atoms with Crippen LogP contribution in [0.25, 0.3) is 28.0 Å². The standard InChI is InChI=1S/C21H16N2O/c1-15-11-13-17(14-12-15)23-19-10-6-5-9-18(19)22-20(21(23)24)16-7-3-2-4-8-16/h2-14H,1H3. The van der Waals surface area contributed by atoms with Crippen LogP contribution in [0.4, 0.5) is 0 Å². The Balaban J connectivity index is 2.09. The number of benzene rings is 3. The van der Waals surface area contributed by atoms with Crippen molar-refractivity contribution in [2.45, 2.75) is 6.92 Å². The summed E-state index contributed by atoms with van der Waals surface area (Å²) in [5.41, 5.74) is 4.81. The second kappa shape index (κ2) is 5.78. The minimum absolute atomic E-state index is 0.108. The van der Waals surface area contributed by atoms with E-state index in [1.165, 1.54) is 0 Å². The number of hydrogen-bond acceptors (Lipinski definition) is 2. The molecule has 0 aliphatic carbocycles. The number of fused-ring (bicyclic) bond motifs is 1. The smallest absolute Gasteiger partial charge is 0.273 e. The van der Waals surface area contributed by atoms with Gasteiger partial charge in [-0.05, 0) is 31.2 Å². The monoisotopic (exact) mass is 312 g/mol. The van der Waals surface area contributed by atoms with E-state index in [0.29, 0.717) is 5.69 Å². The SMILES string of the molecule is Cc1ccc(-n2c(=O)c(-c3ccccc3)nc3ccccc32)cc1. The molecule has 0 saturated heterocycles. The van der Waals surface area contributed by atoms with Gasteiger partial charge in [0.15, 0.2) is 0 Å². The third kappa shape index (κ3) is 2.40. The molecule has 0 spiro atoms. The Labute approximate surface area is 139 Å². The zero-order valence-electron chi connectivity index (χ0n) is 13.3. The quantitative estimate of drug-likeness (QED) is 0.551. The van der Waals surface area contributed by atoms with Crippen molar-refractivity contribution in [3.8, 4) is 16.9 Å². The van der Waals surface area contributed by atoms with Crippen molar-refractivity contribution >= 4 is 11.0 Å². The molecular formula is C21H16N2O. The van der Waals surface area contributed by atoms with E-state index in [1.807, 2.05) is 85.8 Å². The normalized spacial score (nSPS) is 10.9. The molecule has 0 atom stereocenters. The lowest BCUT2D eigenvalue weighted by molar-refractivity contribution is 1.02. The summed E-state index contributed by atoms with van der Waals surface area (Å²) in [6.45, 7) is 2.03. The third-order valence-electron chi connectivity index (χ3n) is 4.10. The Morgan fingerprint density at radius 3 is 2.21 bits per heavy atom. The molecule has 24 heavy (non-hydrogen) atoms. The Morgan fingerprint density at radius 1 is 0.792 bits per heavy atom. The topological polar surface area (TPSA) is 34.9 Å². The highest BCUT2D eigenvalue weighted by atomic mass is 16.1. The van der Waals surface area contributed by atoms with Crippen LogP contribution in [0.15, 0.2) is 83.7 Å². The molecule has 0 unspecified atom stereocenters. The van der Waals surface area contributed by atoms with Crippen molar-refractivity contribution in [1.29, 1.82) is 0 Å². The molecule has 3 heteroatoms.